The molecule has 0 saturated heterocycles. The zero-order chi connectivity index (χ0) is 20.5. The molecule has 3 aromatic carbocycles. The van der Waals surface area contributed by atoms with Gasteiger partial charge in [-0.2, -0.15) is 0 Å². The van der Waals surface area contributed by atoms with Gasteiger partial charge in [0.15, 0.2) is 11.0 Å². The molecule has 5 nitrogen and oxygen atoms in total. The highest BCUT2D eigenvalue weighted by Crippen LogP contribution is 2.32. The van der Waals surface area contributed by atoms with Gasteiger partial charge in [0, 0.05) is 27.4 Å². The number of aromatic amines is 1. The highest BCUT2D eigenvalue weighted by atomic mass is 32.1. The molecule has 0 aliphatic heterocycles. The Morgan fingerprint density at radius 2 is 1.67 bits per heavy atom. The standard InChI is InChI=1S/C24H18N4OS/c25-24-28-20(14-30-24)15-10-12-17(13-11-15)26-22(16-6-2-1-3-7-16)21-18-8-4-5-9-19(18)27-23(21)29/h1-14,27,29H,(H2,25,28). The number of H-pyrrole nitrogens is 1. The number of nitrogen functional groups attached to an aromatic ring is 1. The van der Waals surface area contributed by atoms with Crippen LogP contribution in [0.25, 0.3) is 22.2 Å². The third-order valence-corrected chi connectivity index (χ3v) is 5.57. The van der Waals surface area contributed by atoms with Gasteiger partial charge < -0.3 is 15.8 Å². The molecule has 0 aliphatic carbocycles. The molecule has 2 aromatic heterocycles. The molecule has 0 saturated carbocycles. The number of aromatic hydroxyl groups is 1. The van der Waals surface area contributed by atoms with E-state index < -0.39 is 0 Å². The van der Waals surface area contributed by atoms with Gasteiger partial charge in [-0.25, -0.2) is 9.98 Å². The number of benzene rings is 3. The second-order valence-electron chi connectivity index (χ2n) is 6.84. The summed E-state index contributed by atoms with van der Waals surface area (Å²) in [5.41, 5.74) is 11.6. The van der Waals surface area contributed by atoms with Crippen molar-refractivity contribution in [1.29, 1.82) is 0 Å². The van der Waals surface area contributed by atoms with Gasteiger partial charge in [0.05, 0.1) is 22.7 Å². The molecular weight excluding hydrogens is 392 g/mol. The lowest BCUT2D eigenvalue weighted by molar-refractivity contribution is 0.457. The van der Waals surface area contributed by atoms with Gasteiger partial charge in [-0.15, -0.1) is 11.3 Å². The average Bonchev–Trinajstić information content (AvgIpc) is 3.35. The van der Waals surface area contributed by atoms with Crippen molar-refractivity contribution in [2.75, 3.05) is 5.73 Å². The Balaban J connectivity index is 1.64. The Hall–Kier alpha value is -3.90. The van der Waals surface area contributed by atoms with Crippen LogP contribution in [0.3, 0.4) is 0 Å². The maximum absolute atomic E-state index is 10.7. The molecule has 0 radical (unpaired) electrons. The van der Waals surface area contributed by atoms with Crippen LogP contribution in [0.15, 0.2) is 89.2 Å². The lowest BCUT2D eigenvalue weighted by Crippen LogP contribution is -2.02. The van der Waals surface area contributed by atoms with Crippen molar-refractivity contribution in [3.63, 3.8) is 0 Å². The average molecular weight is 411 g/mol. The number of para-hydroxylation sites is 1. The number of rotatable bonds is 4. The first kappa shape index (κ1) is 18.1. The third-order valence-electron chi connectivity index (χ3n) is 4.90. The van der Waals surface area contributed by atoms with E-state index in [4.69, 9.17) is 10.7 Å². The number of thiazole rings is 1. The summed E-state index contributed by atoms with van der Waals surface area (Å²) in [5.74, 6) is 0.105. The van der Waals surface area contributed by atoms with Gasteiger partial charge in [0.2, 0.25) is 0 Å². The number of nitrogens with zero attached hydrogens (tertiary/aromatic N) is 2. The van der Waals surface area contributed by atoms with Crippen molar-refractivity contribution < 1.29 is 5.11 Å². The molecule has 30 heavy (non-hydrogen) atoms. The Labute approximate surface area is 177 Å². The SMILES string of the molecule is Nc1nc(-c2ccc(N=C(c3ccccc3)c3c(O)[nH]c4ccccc34)cc2)cs1. The number of hydrogen-bond acceptors (Lipinski definition) is 5. The molecule has 0 spiro atoms. The topological polar surface area (TPSA) is 87.3 Å². The number of aromatic nitrogens is 2. The van der Waals surface area contributed by atoms with Gasteiger partial charge >= 0.3 is 0 Å². The Bertz CT molecular complexity index is 1350. The Kier molecular flexibility index (Phi) is 4.53. The second kappa shape index (κ2) is 7.50. The summed E-state index contributed by atoms with van der Waals surface area (Å²) in [6.07, 6.45) is 0. The summed E-state index contributed by atoms with van der Waals surface area (Å²) in [7, 11) is 0. The van der Waals surface area contributed by atoms with Gasteiger partial charge in [0.25, 0.3) is 0 Å². The van der Waals surface area contributed by atoms with E-state index >= 15 is 0 Å². The number of nitrogens with two attached hydrogens (primary N) is 1. The van der Waals surface area contributed by atoms with Gasteiger partial charge in [0.1, 0.15) is 0 Å². The quantitative estimate of drug-likeness (QED) is 0.330. The number of fused-ring (bicyclic) bond motifs is 1. The van der Waals surface area contributed by atoms with E-state index in [0.717, 1.165) is 33.4 Å². The first-order valence-electron chi connectivity index (χ1n) is 9.44. The van der Waals surface area contributed by atoms with Crippen LogP contribution < -0.4 is 5.73 Å². The normalized spacial score (nSPS) is 11.8. The first-order chi connectivity index (χ1) is 14.7. The Morgan fingerprint density at radius 3 is 2.40 bits per heavy atom. The molecule has 0 atom stereocenters. The fourth-order valence-electron chi connectivity index (χ4n) is 3.48. The van der Waals surface area contributed by atoms with E-state index in [1.165, 1.54) is 11.3 Å². The molecule has 0 amide bonds. The Morgan fingerprint density at radius 1 is 0.933 bits per heavy atom. The van der Waals surface area contributed by atoms with Crippen LogP contribution in [-0.4, -0.2) is 20.8 Å². The molecule has 0 fully saturated rings. The summed E-state index contributed by atoms with van der Waals surface area (Å²) >= 11 is 1.42. The summed E-state index contributed by atoms with van der Waals surface area (Å²) in [6, 6.07) is 25.5. The van der Waals surface area contributed by atoms with E-state index in [1.54, 1.807) is 0 Å². The predicted octanol–water partition coefficient (Wildman–Crippen LogP) is 5.75. The van der Waals surface area contributed by atoms with Crippen molar-refractivity contribution >= 4 is 38.8 Å². The first-order valence-corrected chi connectivity index (χ1v) is 10.3. The van der Waals surface area contributed by atoms with E-state index in [0.29, 0.717) is 16.4 Å². The summed E-state index contributed by atoms with van der Waals surface area (Å²) < 4.78 is 0. The number of anilines is 1. The fourth-order valence-corrected chi connectivity index (χ4v) is 4.06. The lowest BCUT2D eigenvalue weighted by Gasteiger charge is -2.08. The predicted molar refractivity (Wildman–Crippen MR) is 124 cm³/mol. The van der Waals surface area contributed by atoms with Gasteiger partial charge in [-0.1, -0.05) is 60.7 Å². The van der Waals surface area contributed by atoms with Crippen LogP contribution in [0.4, 0.5) is 10.8 Å². The van der Waals surface area contributed by atoms with E-state index in [-0.39, 0.29) is 5.88 Å². The smallest absolute Gasteiger partial charge is 0.199 e. The molecule has 2 heterocycles. The second-order valence-corrected chi connectivity index (χ2v) is 7.73. The molecule has 0 bridgehead atoms. The van der Waals surface area contributed by atoms with Crippen molar-refractivity contribution in [2.45, 2.75) is 0 Å². The van der Waals surface area contributed by atoms with Crippen LogP contribution in [-0.2, 0) is 0 Å². The molecule has 0 aliphatic rings. The van der Waals surface area contributed by atoms with Crippen molar-refractivity contribution in [2.24, 2.45) is 4.99 Å². The maximum Gasteiger partial charge on any atom is 0.199 e. The largest absolute Gasteiger partial charge is 0.494 e. The van der Waals surface area contributed by atoms with E-state index in [9.17, 15) is 5.11 Å². The third kappa shape index (κ3) is 3.33. The zero-order valence-electron chi connectivity index (χ0n) is 15.9. The minimum absolute atomic E-state index is 0.105. The fraction of sp³-hybridized carbons (Fsp3) is 0. The molecule has 0 unspecified atom stereocenters. The minimum Gasteiger partial charge on any atom is -0.494 e. The van der Waals surface area contributed by atoms with Crippen LogP contribution in [0.1, 0.15) is 11.1 Å². The zero-order valence-corrected chi connectivity index (χ0v) is 16.7. The molecule has 146 valence electrons. The monoisotopic (exact) mass is 410 g/mol. The van der Waals surface area contributed by atoms with Crippen LogP contribution in [0, 0.1) is 0 Å². The van der Waals surface area contributed by atoms with E-state index in [2.05, 4.69) is 9.97 Å². The van der Waals surface area contributed by atoms with Crippen LogP contribution >= 0.6 is 11.3 Å². The lowest BCUT2D eigenvalue weighted by atomic mass is 10.0. The number of aliphatic imine (C=N–C) groups is 1. The van der Waals surface area contributed by atoms with E-state index in [1.807, 2.05) is 84.2 Å². The van der Waals surface area contributed by atoms with Crippen LogP contribution in [0.5, 0.6) is 5.88 Å². The highest BCUT2D eigenvalue weighted by Gasteiger charge is 2.18. The number of nitrogens with one attached hydrogen (secondary N) is 1. The highest BCUT2D eigenvalue weighted by molar-refractivity contribution is 7.13. The van der Waals surface area contributed by atoms with Gasteiger partial charge in [-0.3, -0.25) is 0 Å². The maximum atomic E-state index is 10.7. The molecule has 6 heteroatoms. The molecule has 5 aromatic rings. The van der Waals surface area contributed by atoms with Crippen molar-refractivity contribution in [1.82, 2.24) is 9.97 Å². The molecule has 4 N–H and O–H groups in total. The van der Waals surface area contributed by atoms with Crippen molar-refractivity contribution in [3.8, 4) is 17.1 Å². The molecule has 5 rings (SSSR count). The summed E-state index contributed by atoms with van der Waals surface area (Å²) in [4.78, 5) is 12.3. The summed E-state index contributed by atoms with van der Waals surface area (Å²) in [5, 5.41) is 14.1. The van der Waals surface area contributed by atoms with Crippen molar-refractivity contribution in [3.05, 3.63) is 95.4 Å². The van der Waals surface area contributed by atoms with Gasteiger partial charge in [-0.05, 0) is 18.2 Å². The summed E-state index contributed by atoms with van der Waals surface area (Å²) in [6.45, 7) is 0. The minimum atomic E-state index is 0.105. The number of hydrogen-bond donors (Lipinski definition) is 3. The van der Waals surface area contributed by atoms with Crippen LogP contribution in [0.2, 0.25) is 0 Å². The molecular formula is C24H18N4OS.